The van der Waals surface area contributed by atoms with E-state index in [1.807, 2.05) is 71.8 Å². The summed E-state index contributed by atoms with van der Waals surface area (Å²) in [5.41, 5.74) is 4.50. The molecule has 0 unspecified atom stereocenters. The molecule has 0 saturated heterocycles. The topological polar surface area (TPSA) is 93.4 Å². The number of rotatable bonds is 5. The Bertz CT molecular complexity index is 1470. The Balaban J connectivity index is 0.00000194. The van der Waals surface area contributed by atoms with Crippen LogP contribution >= 0.6 is 24.8 Å². The lowest BCUT2D eigenvalue weighted by molar-refractivity contribution is 0.0753. The van der Waals surface area contributed by atoms with Crippen LogP contribution in [0, 0.1) is 0 Å². The van der Waals surface area contributed by atoms with Gasteiger partial charge in [-0.1, -0.05) is 61.7 Å². The van der Waals surface area contributed by atoms with E-state index in [-0.39, 0.29) is 42.8 Å². The smallest absolute Gasteiger partial charge is 0.319 e. The van der Waals surface area contributed by atoms with Gasteiger partial charge in [-0.15, -0.1) is 24.8 Å². The van der Waals surface area contributed by atoms with Crippen molar-refractivity contribution < 1.29 is 9.59 Å². The van der Waals surface area contributed by atoms with Gasteiger partial charge in [-0.3, -0.25) is 4.79 Å². The van der Waals surface area contributed by atoms with Gasteiger partial charge in [0.25, 0.3) is 5.91 Å². The number of urea groups is 1. The average molecular weight is 596 g/mol. The molecule has 1 aromatic heterocycles. The van der Waals surface area contributed by atoms with Crippen LogP contribution in [0.3, 0.4) is 0 Å². The van der Waals surface area contributed by atoms with Crippen LogP contribution in [0.2, 0.25) is 0 Å². The standard InChI is InChI=1S/C31H34N6O2.2ClH/c38-30(28-12-6-8-22-7-4-5-11-27(22)28)37-16-15-36(20-26-18-32-21-33-26)29-17-25(14-13-23(29)19-37)35-31(39)34-24-9-2-1-3-10-24;;/h4-8,11-14,17-18,21,24H,1-3,9-10,15-16,19-20H2,(H,32,33)(H2,34,35,39);2*1H. The number of fused-ring (bicyclic) bond motifs is 2. The van der Waals surface area contributed by atoms with E-state index < -0.39 is 0 Å². The Labute approximate surface area is 252 Å². The van der Waals surface area contributed by atoms with Gasteiger partial charge in [0.1, 0.15) is 0 Å². The van der Waals surface area contributed by atoms with E-state index in [1.54, 1.807) is 6.33 Å². The molecule has 1 aliphatic carbocycles. The summed E-state index contributed by atoms with van der Waals surface area (Å²) in [4.78, 5) is 38.1. The van der Waals surface area contributed by atoms with Crippen LogP contribution in [0.25, 0.3) is 10.8 Å². The number of nitrogens with one attached hydrogen (secondary N) is 3. The zero-order valence-electron chi connectivity index (χ0n) is 22.8. The highest BCUT2D eigenvalue weighted by atomic mass is 35.5. The molecule has 0 atom stereocenters. The zero-order chi connectivity index (χ0) is 26.6. The predicted octanol–water partition coefficient (Wildman–Crippen LogP) is 6.52. The highest BCUT2D eigenvalue weighted by Gasteiger charge is 2.26. The zero-order valence-corrected chi connectivity index (χ0v) is 24.5. The number of imidazole rings is 1. The molecule has 216 valence electrons. The minimum atomic E-state index is -0.164. The first-order valence-corrected chi connectivity index (χ1v) is 13.8. The summed E-state index contributed by atoms with van der Waals surface area (Å²) < 4.78 is 0. The van der Waals surface area contributed by atoms with Crippen molar-refractivity contribution >= 4 is 58.9 Å². The second-order valence-electron chi connectivity index (χ2n) is 10.5. The number of halogens is 2. The number of hydrogen-bond acceptors (Lipinski definition) is 4. The van der Waals surface area contributed by atoms with Gasteiger partial charge in [-0.05, 0) is 47.4 Å². The van der Waals surface area contributed by atoms with Gasteiger partial charge in [0.05, 0.1) is 18.6 Å². The Hall–Kier alpha value is -3.75. The molecule has 0 spiro atoms. The van der Waals surface area contributed by atoms with E-state index in [2.05, 4.69) is 25.5 Å². The third-order valence-corrected chi connectivity index (χ3v) is 7.85. The second kappa shape index (κ2) is 13.7. The summed E-state index contributed by atoms with van der Waals surface area (Å²) in [6.45, 7) is 2.35. The molecule has 3 aromatic carbocycles. The lowest BCUT2D eigenvalue weighted by Crippen LogP contribution is -2.39. The van der Waals surface area contributed by atoms with Gasteiger partial charge in [0.15, 0.2) is 0 Å². The second-order valence-corrected chi connectivity index (χ2v) is 10.5. The number of amides is 3. The molecule has 3 amide bonds. The number of hydrogen-bond donors (Lipinski definition) is 3. The quantitative estimate of drug-likeness (QED) is 0.245. The first-order chi connectivity index (χ1) is 19.1. The van der Waals surface area contributed by atoms with Crippen molar-refractivity contribution in [3.63, 3.8) is 0 Å². The van der Waals surface area contributed by atoms with Gasteiger partial charge in [0, 0.05) is 48.8 Å². The Morgan fingerprint density at radius 3 is 2.56 bits per heavy atom. The van der Waals surface area contributed by atoms with Crippen molar-refractivity contribution in [3.05, 3.63) is 90.0 Å². The van der Waals surface area contributed by atoms with Gasteiger partial charge in [-0.2, -0.15) is 0 Å². The Morgan fingerprint density at radius 2 is 1.76 bits per heavy atom. The minimum Gasteiger partial charge on any atom is -0.364 e. The predicted molar refractivity (Wildman–Crippen MR) is 168 cm³/mol. The van der Waals surface area contributed by atoms with Crippen molar-refractivity contribution in [1.29, 1.82) is 0 Å². The number of benzene rings is 3. The number of carbonyl (C=O) groups excluding carboxylic acids is 2. The molecule has 41 heavy (non-hydrogen) atoms. The van der Waals surface area contributed by atoms with Crippen molar-refractivity contribution in [2.24, 2.45) is 0 Å². The molecule has 4 aromatic rings. The fourth-order valence-corrected chi connectivity index (χ4v) is 5.81. The van der Waals surface area contributed by atoms with Gasteiger partial charge in [0.2, 0.25) is 0 Å². The lowest BCUT2D eigenvalue weighted by atomic mass is 9.96. The van der Waals surface area contributed by atoms with Crippen molar-refractivity contribution in [1.82, 2.24) is 20.2 Å². The molecule has 2 aliphatic rings. The van der Waals surface area contributed by atoms with Gasteiger partial charge in [-0.25, -0.2) is 9.78 Å². The van der Waals surface area contributed by atoms with Crippen LogP contribution in [-0.2, 0) is 13.1 Å². The number of carbonyl (C=O) groups is 2. The van der Waals surface area contributed by atoms with Crippen molar-refractivity contribution in [2.45, 2.75) is 51.2 Å². The molecule has 1 fully saturated rings. The Morgan fingerprint density at radius 1 is 0.951 bits per heavy atom. The summed E-state index contributed by atoms with van der Waals surface area (Å²) in [6.07, 6.45) is 9.16. The van der Waals surface area contributed by atoms with E-state index in [9.17, 15) is 9.59 Å². The largest absolute Gasteiger partial charge is 0.364 e. The van der Waals surface area contributed by atoms with Crippen LogP contribution in [0.15, 0.2) is 73.2 Å². The van der Waals surface area contributed by atoms with Crippen LogP contribution in [0.1, 0.15) is 53.7 Å². The third kappa shape index (κ3) is 6.94. The first-order valence-electron chi connectivity index (χ1n) is 13.8. The molecule has 10 heteroatoms. The number of aromatic amines is 1. The fourth-order valence-electron chi connectivity index (χ4n) is 5.81. The summed E-state index contributed by atoms with van der Waals surface area (Å²) in [6, 6.07) is 20.0. The third-order valence-electron chi connectivity index (χ3n) is 7.85. The maximum absolute atomic E-state index is 13.8. The molecular weight excluding hydrogens is 559 g/mol. The lowest BCUT2D eigenvalue weighted by Gasteiger charge is -2.25. The van der Waals surface area contributed by atoms with Crippen LogP contribution in [0.4, 0.5) is 16.2 Å². The average Bonchev–Trinajstić information content (AvgIpc) is 3.41. The summed E-state index contributed by atoms with van der Waals surface area (Å²) >= 11 is 0. The van der Waals surface area contributed by atoms with E-state index in [0.717, 1.165) is 46.2 Å². The molecule has 0 bridgehead atoms. The van der Waals surface area contributed by atoms with Crippen molar-refractivity contribution in [3.8, 4) is 0 Å². The number of H-pyrrole nitrogens is 1. The molecule has 0 radical (unpaired) electrons. The number of aromatic nitrogens is 2. The highest BCUT2D eigenvalue weighted by molar-refractivity contribution is 6.07. The normalized spacial score (nSPS) is 15.2. The molecule has 2 heterocycles. The minimum absolute atomic E-state index is 0. The van der Waals surface area contributed by atoms with Crippen LogP contribution in [-0.4, -0.2) is 45.9 Å². The van der Waals surface area contributed by atoms with E-state index in [1.165, 1.54) is 19.3 Å². The van der Waals surface area contributed by atoms with E-state index >= 15 is 0 Å². The molecule has 6 rings (SSSR count). The molecule has 3 N–H and O–H groups in total. The van der Waals surface area contributed by atoms with Crippen LogP contribution < -0.4 is 15.5 Å². The van der Waals surface area contributed by atoms with E-state index in [0.29, 0.717) is 31.7 Å². The SMILES string of the molecule is Cl.Cl.O=C(Nc1ccc2c(c1)N(Cc1cnc[nH]1)CCN(C(=O)c1cccc3ccccc13)C2)NC1CCCCC1. The summed E-state index contributed by atoms with van der Waals surface area (Å²) in [5.74, 6) is 0.0233. The number of anilines is 2. The summed E-state index contributed by atoms with van der Waals surface area (Å²) in [5, 5.41) is 8.20. The monoisotopic (exact) mass is 594 g/mol. The Kier molecular flexibility index (Phi) is 10.1. The first kappa shape index (κ1) is 30.2. The summed E-state index contributed by atoms with van der Waals surface area (Å²) in [7, 11) is 0. The fraction of sp³-hybridized carbons (Fsp3) is 0.323. The maximum atomic E-state index is 13.8. The van der Waals surface area contributed by atoms with Crippen molar-refractivity contribution in [2.75, 3.05) is 23.3 Å². The molecule has 1 aliphatic heterocycles. The maximum Gasteiger partial charge on any atom is 0.319 e. The highest BCUT2D eigenvalue weighted by Crippen LogP contribution is 2.31. The molecule has 1 saturated carbocycles. The van der Waals surface area contributed by atoms with Gasteiger partial charge < -0.3 is 25.4 Å². The van der Waals surface area contributed by atoms with E-state index in [4.69, 9.17) is 0 Å². The van der Waals surface area contributed by atoms with Gasteiger partial charge >= 0.3 is 6.03 Å². The molecular formula is C31H36Cl2N6O2. The molecule has 8 nitrogen and oxygen atoms in total. The number of nitrogens with zero attached hydrogens (tertiary/aromatic N) is 3. The van der Waals surface area contributed by atoms with Crippen LogP contribution in [0.5, 0.6) is 0 Å².